The average molecular weight is 211 g/mol. The number of nitrogens with one attached hydrogen (secondary N) is 1. The van der Waals surface area contributed by atoms with Crippen molar-refractivity contribution < 1.29 is 4.79 Å². The number of rotatable bonds is 7. The number of hydrogen-bond donors (Lipinski definition) is 2. The molecule has 0 aromatic heterocycles. The van der Waals surface area contributed by atoms with Crippen LogP contribution in [0.15, 0.2) is 0 Å². The molecule has 0 fully saturated rings. The van der Waals surface area contributed by atoms with Crippen LogP contribution in [0.4, 0.5) is 0 Å². The summed E-state index contributed by atoms with van der Waals surface area (Å²) in [5, 5.41) is 11.1. The summed E-state index contributed by atoms with van der Waals surface area (Å²) in [5.41, 5.74) is 5.69. The monoisotopic (exact) mass is 211 g/mol. The van der Waals surface area contributed by atoms with Gasteiger partial charge < -0.3 is 11.1 Å². The summed E-state index contributed by atoms with van der Waals surface area (Å²) in [5.74, 6) is 0.352. The van der Waals surface area contributed by atoms with E-state index in [2.05, 4.69) is 11.4 Å². The van der Waals surface area contributed by atoms with Crippen molar-refractivity contribution in [2.24, 2.45) is 11.7 Å². The fourth-order valence-electron chi connectivity index (χ4n) is 1.29. The summed E-state index contributed by atoms with van der Waals surface area (Å²) in [6.07, 6.45) is 2.93. The van der Waals surface area contributed by atoms with Gasteiger partial charge in [-0.2, -0.15) is 5.26 Å². The molecule has 0 bridgehead atoms. The van der Waals surface area contributed by atoms with E-state index in [1.807, 2.05) is 13.8 Å². The molecule has 0 spiro atoms. The van der Waals surface area contributed by atoms with Crippen molar-refractivity contribution in [2.45, 2.75) is 45.6 Å². The summed E-state index contributed by atoms with van der Waals surface area (Å²) in [6.45, 7) is 4.70. The SMILES string of the molecule is CC(C)C[C@@H](N)C(=O)NCCCCC#N. The Balaban J connectivity index is 3.52. The summed E-state index contributed by atoms with van der Waals surface area (Å²) < 4.78 is 0. The van der Waals surface area contributed by atoms with Gasteiger partial charge in [0.15, 0.2) is 0 Å². The molecule has 15 heavy (non-hydrogen) atoms. The highest BCUT2D eigenvalue weighted by atomic mass is 16.2. The Kier molecular flexibility index (Phi) is 7.65. The Hall–Kier alpha value is -1.08. The van der Waals surface area contributed by atoms with Crippen LogP contribution in [0.2, 0.25) is 0 Å². The molecule has 1 atom stereocenters. The lowest BCUT2D eigenvalue weighted by Crippen LogP contribution is -2.41. The Morgan fingerprint density at radius 2 is 2.13 bits per heavy atom. The number of amides is 1. The maximum absolute atomic E-state index is 11.4. The molecule has 0 aliphatic heterocycles. The van der Waals surface area contributed by atoms with Crippen LogP contribution in [0.1, 0.15) is 39.5 Å². The normalized spacial score (nSPS) is 12.2. The molecule has 0 aromatic carbocycles. The van der Waals surface area contributed by atoms with Crippen molar-refractivity contribution in [1.82, 2.24) is 5.32 Å². The molecule has 0 aliphatic rings. The van der Waals surface area contributed by atoms with E-state index in [9.17, 15) is 4.79 Å². The van der Waals surface area contributed by atoms with Crippen LogP contribution in [0, 0.1) is 17.2 Å². The fraction of sp³-hybridized carbons (Fsp3) is 0.818. The standard InChI is InChI=1S/C11H21N3O/c1-9(2)8-10(13)11(15)14-7-5-3-4-6-12/h9-10H,3-5,7-8,13H2,1-2H3,(H,14,15)/t10-/m1/s1. The van der Waals surface area contributed by atoms with Gasteiger partial charge >= 0.3 is 0 Å². The smallest absolute Gasteiger partial charge is 0.236 e. The second-order valence-corrected chi connectivity index (χ2v) is 4.14. The van der Waals surface area contributed by atoms with Gasteiger partial charge in [-0.15, -0.1) is 0 Å². The van der Waals surface area contributed by atoms with Gasteiger partial charge in [0, 0.05) is 13.0 Å². The van der Waals surface area contributed by atoms with Gasteiger partial charge in [-0.25, -0.2) is 0 Å². The first-order chi connectivity index (χ1) is 7.07. The van der Waals surface area contributed by atoms with Gasteiger partial charge in [0.2, 0.25) is 5.91 Å². The molecule has 0 heterocycles. The molecule has 0 saturated heterocycles. The highest BCUT2D eigenvalue weighted by Gasteiger charge is 2.13. The summed E-state index contributed by atoms with van der Waals surface area (Å²) in [6, 6.07) is 1.67. The van der Waals surface area contributed by atoms with Gasteiger partial charge in [0.1, 0.15) is 0 Å². The maximum atomic E-state index is 11.4. The quantitative estimate of drug-likeness (QED) is 0.620. The minimum atomic E-state index is -0.402. The molecular formula is C11H21N3O. The lowest BCUT2D eigenvalue weighted by molar-refractivity contribution is -0.122. The summed E-state index contributed by atoms with van der Waals surface area (Å²) >= 11 is 0. The van der Waals surface area contributed by atoms with E-state index in [0.29, 0.717) is 25.3 Å². The Morgan fingerprint density at radius 3 is 2.67 bits per heavy atom. The molecule has 0 rings (SSSR count). The first-order valence-corrected chi connectivity index (χ1v) is 5.48. The molecule has 1 amide bonds. The minimum absolute atomic E-state index is 0.0827. The van der Waals surface area contributed by atoms with Crippen molar-refractivity contribution in [3.05, 3.63) is 0 Å². The van der Waals surface area contributed by atoms with Crippen LogP contribution in [0.3, 0.4) is 0 Å². The molecule has 0 unspecified atom stereocenters. The van der Waals surface area contributed by atoms with Crippen molar-refractivity contribution in [3.63, 3.8) is 0 Å². The minimum Gasteiger partial charge on any atom is -0.355 e. The van der Waals surface area contributed by atoms with E-state index in [1.54, 1.807) is 0 Å². The van der Waals surface area contributed by atoms with Gasteiger partial charge in [-0.3, -0.25) is 4.79 Å². The van der Waals surface area contributed by atoms with E-state index in [0.717, 1.165) is 12.8 Å². The number of nitriles is 1. The number of hydrogen-bond acceptors (Lipinski definition) is 3. The van der Waals surface area contributed by atoms with E-state index < -0.39 is 6.04 Å². The largest absolute Gasteiger partial charge is 0.355 e. The van der Waals surface area contributed by atoms with Crippen LogP contribution in [0.25, 0.3) is 0 Å². The molecular weight excluding hydrogens is 190 g/mol. The first-order valence-electron chi connectivity index (χ1n) is 5.48. The van der Waals surface area contributed by atoms with Crippen LogP contribution < -0.4 is 11.1 Å². The lowest BCUT2D eigenvalue weighted by Gasteiger charge is -2.13. The van der Waals surface area contributed by atoms with Gasteiger partial charge in [-0.05, 0) is 25.2 Å². The van der Waals surface area contributed by atoms with E-state index in [1.165, 1.54) is 0 Å². The molecule has 0 saturated carbocycles. The number of carbonyl (C=O) groups is 1. The highest BCUT2D eigenvalue weighted by molar-refractivity contribution is 5.81. The predicted octanol–water partition coefficient (Wildman–Crippen LogP) is 1.17. The predicted molar refractivity (Wildman–Crippen MR) is 59.9 cm³/mol. The lowest BCUT2D eigenvalue weighted by atomic mass is 10.0. The van der Waals surface area contributed by atoms with Crippen molar-refractivity contribution in [3.8, 4) is 6.07 Å². The van der Waals surface area contributed by atoms with Crippen molar-refractivity contribution in [2.75, 3.05) is 6.54 Å². The van der Waals surface area contributed by atoms with Crippen LogP contribution in [-0.4, -0.2) is 18.5 Å². The summed E-state index contributed by atoms with van der Waals surface area (Å²) in [7, 11) is 0. The second-order valence-electron chi connectivity index (χ2n) is 4.14. The molecule has 0 aromatic rings. The van der Waals surface area contributed by atoms with Crippen LogP contribution in [-0.2, 0) is 4.79 Å². The van der Waals surface area contributed by atoms with E-state index in [-0.39, 0.29) is 5.91 Å². The number of nitrogens with two attached hydrogens (primary N) is 1. The molecule has 4 nitrogen and oxygen atoms in total. The second kappa shape index (κ2) is 8.25. The van der Waals surface area contributed by atoms with Crippen LogP contribution in [0.5, 0.6) is 0 Å². The number of nitrogens with zero attached hydrogens (tertiary/aromatic N) is 1. The number of unbranched alkanes of at least 4 members (excludes halogenated alkanes) is 2. The summed E-state index contributed by atoms with van der Waals surface area (Å²) in [4.78, 5) is 11.4. The first kappa shape index (κ1) is 13.9. The van der Waals surface area contributed by atoms with E-state index >= 15 is 0 Å². The fourth-order valence-corrected chi connectivity index (χ4v) is 1.29. The zero-order valence-corrected chi connectivity index (χ0v) is 9.62. The molecule has 4 heteroatoms. The number of carbonyl (C=O) groups excluding carboxylic acids is 1. The third kappa shape index (κ3) is 7.95. The molecule has 86 valence electrons. The molecule has 0 aliphatic carbocycles. The Morgan fingerprint density at radius 1 is 1.47 bits per heavy atom. The van der Waals surface area contributed by atoms with Gasteiger partial charge in [0.05, 0.1) is 12.1 Å². The zero-order chi connectivity index (χ0) is 11.7. The average Bonchev–Trinajstić information content (AvgIpc) is 2.16. The Bertz CT molecular complexity index is 220. The molecule has 0 radical (unpaired) electrons. The third-order valence-electron chi connectivity index (χ3n) is 2.08. The van der Waals surface area contributed by atoms with Crippen molar-refractivity contribution >= 4 is 5.91 Å². The maximum Gasteiger partial charge on any atom is 0.236 e. The zero-order valence-electron chi connectivity index (χ0n) is 9.62. The van der Waals surface area contributed by atoms with Gasteiger partial charge in [-0.1, -0.05) is 13.8 Å². The Labute approximate surface area is 91.8 Å². The topological polar surface area (TPSA) is 78.9 Å². The highest BCUT2D eigenvalue weighted by Crippen LogP contribution is 2.02. The third-order valence-corrected chi connectivity index (χ3v) is 2.08. The van der Waals surface area contributed by atoms with Gasteiger partial charge in [0.25, 0.3) is 0 Å². The van der Waals surface area contributed by atoms with Crippen LogP contribution >= 0.6 is 0 Å². The van der Waals surface area contributed by atoms with E-state index in [4.69, 9.17) is 11.0 Å². The van der Waals surface area contributed by atoms with Crippen molar-refractivity contribution in [1.29, 1.82) is 5.26 Å². The molecule has 3 N–H and O–H groups in total.